The average Bonchev–Trinajstić information content (AvgIpc) is 2.50. The highest BCUT2D eigenvalue weighted by molar-refractivity contribution is 5.85. The van der Waals surface area contributed by atoms with Gasteiger partial charge in [0, 0.05) is 12.1 Å². The minimum absolute atomic E-state index is 0. The summed E-state index contributed by atoms with van der Waals surface area (Å²) < 4.78 is 11.1. The number of nitrogens with one attached hydrogen (secondary N) is 2. The summed E-state index contributed by atoms with van der Waals surface area (Å²) in [6.45, 7) is 6.85. The SMILES string of the molecule is CCOc1c(CNCC2CCNCC2)cccc1OC.Cl.Cl. The molecule has 0 radical (unpaired) electrons. The van der Waals surface area contributed by atoms with Gasteiger partial charge in [-0.1, -0.05) is 12.1 Å². The van der Waals surface area contributed by atoms with Gasteiger partial charge in [0.2, 0.25) is 0 Å². The second-order valence-corrected chi connectivity index (χ2v) is 5.21. The zero-order chi connectivity index (χ0) is 14.2. The standard InChI is InChI=1S/C16H26N2O2.2ClH/c1-3-20-16-14(5-4-6-15(16)19-2)12-18-11-13-7-9-17-10-8-13;;/h4-6,13,17-18H,3,7-12H2,1-2H3;2*1H. The smallest absolute Gasteiger partial charge is 0.165 e. The topological polar surface area (TPSA) is 42.5 Å². The van der Waals surface area contributed by atoms with Crippen LogP contribution in [0.2, 0.25) is 0 Å². The van der Waals surface area contributed by atoms with Crippen LogP contribution in [0, 0.1) is 5.92 Å². The summed E-state index contributed by atoms with van der Waals surface area (Å²) in [6, 6.07) is 6.06. The highest BCUT2D eigenvalue weighted by Crippen LogP contribution is 2.31. The number of methoxy groups -OCH3 is 1. The first-order valence-electron chi connectivity index (χ1n) is 7.55. The predicted octanol–water partition coefficient (Wildman–Crippen LogP) is 3.03. The highest BCUT2D eigenvalue weighted by atomic mass is 35.5. The van der Waals surface area contributed by atoms with Crippen LogP contribution in [0.3, 0.4) is 0 Å². The summed E-state index contributed by atoms with van der Waals surface area (Å²) in [7, 11) is 1.68. The quantitative estimate of drug-likeness (QED) is 0.793. The third-order valence-electron chi connectivity index (χ3n) is 3.78. The van der Waals surface area contributed by atoms with E-state index >= 15 is 0 Å². The molecule has 1 aliphatic heterocycles. The van der Waals surface area contributed by atoms with Gasteiger partial charge in [-0.3, -0.25) is 0 Å². The number of hydrogen-bond acceptors (Lipinski definition) is 4. The first-order chi connectivity index (χ1) is 9.85. The van der Waals surface area contributed by atoms with Crippen molar-refractivity contribution in [1.29, 1.82) is 0 Å². The molecule has 0 amide bonds. The first-order valence-corrected chi connectivity index (χ1v) is 7.55. The van der Waals surface area contributed by atoms with Crippen molar-refractivity contribution in [1.82, 2.24) is 10.6 Å². The Morgan fingerprint density at radius 1 is 1.23 bits per heavy atom. The molecule has 1 aliphatic rings. The van der Waals surface area contributed by atoms with Gasteiger partial charge in [-0.2, -0.15) is 0 Å². The van der Waals surface area contributed by atoms with Crippen LogP contribution >= 0.6 is 24.8 Å². The largest absolute Gasteiger partial charge is 0.493 e. The van der Waals surface area contributed by atoms with Crippen LogP contribution in [0.5, 0.6) is 11.5 Å². The third-order valence-corrected chi connectivity index (χ3v) is 3.78. The van der Waals surface area contributed by atoms with Gasteiger partial charge in [0.25, 0.3) is 0 Å². The molecule has 2 N–H and O–H groups in total. The number of rotatable bonds is 7. The fourth-order valence-corrected chi connectivity index (χ4v) is 2.67. The molecule has 0 unspecified atom stereocenters. The molecule has 1 saturated heterocycles. The number of ether oxygens (including phenoxy) is 2. The lowest BCUT2D eigenvalue weighted by Gasteiger charge is -2.23. The molecular formula is C16H28Cl2N2O2. The Morgan fingerprint density at radius 3 is 2.59 bits per heavy atom. The maximum Gasteiger partial charge on any atom is 0.165 e. The first kappa shape index (κ1) is 21.3. The van der Waals surface area contributed by atoms with E-state index in [0.717, 1.165) is 43.6 Å². The zero-order valence-electron chi connectivity index (χ0n) is 13.4. The fraction of sp³-hybridized carbons (Fsp3) is 0.625. The molecule has 1 fully saturated rings. The van der Waals surface area contributed by atoms with Crippen molar-refractivity contribution in [2.45, 2.75) is 26.3 Å². The van der Waals surface area contributed by atoms with Crippen LogP contribution in [0.4, 0.5) is 0 Å². The van der Waals surface area contributed by atoms with Crippen molar-refractivity contribution in [2.24, 2.45) is 5.92 Å². The summed E-state index contributed by atoms with van der Waals surface area (Å²) >= 11 is 0. The van der Waals surface area contributed by atoms with Gasteiger partial charge >= 0.3 is 0 Å². The number of para-hydroxylation sites is 1. The molecule has 1 aromatic rings. The number of benzene rings is 1. The summed E-state index contributed by atoms with van der Waals surface area (Å²) in [5.74, 6) is 2.47. The van der Waals surface area contributed by atoms with Gasteiger partial charge in [0.15, 0.2) is 11.5 Å². The summed E-state index contributed by atoms with van der Waals surface area (Å²) in [5, 5.41) is 6.96. The van der Waals surface area contributed by atoms with E-state index in [-0.39, 0.29) is 24.8 Å². The average molecular weight is 351 g/mol. The van der Waals surface area contributed by atoms with E-state index in [1.54, 1.807) is 7.11 Å². The summed E-state index contributed by atoms with van der Waals surface area (Å²) in [5.41, 5.74) is 1.17. The van der Waals surface area contributed by atoms with Crippen molar-refractivity contribution in [2.75, 3.05) is 33.4 Å². The van der Waals surface area contributed by atoms with Crippen LogP contribution in [0.15, 0.2) is 18.2 Å². The Kier molecular flexibility index (Phi) is 11.5. The minimum Gasteiger partial charge on any atom is -0.493 e. The maximum atomic E-state index is 5.73. The van der Waals surface area contributed by atoms with Crippen LogP contribution < -0.4 is 20.1 Å². The Hall–Kier alpha value is -0.680. The van der Waals surface area contributed by atoms with E-state index in [1.165, 1.54) is 18.4 Å². The number of piperidine rings is 1. The van der Waals surface area contributed by atoms with E-state index in [4.69, 9.17) is 9.47 Å². The van der Waals surface area contributed by atoms with Gasteiger partial charge in [0.05, 0.1) is 13.7 Å². The Labute approximate surface area is 146 Å². The Morgan fingerprint density at radius 2 is 1.95 bits per heavy atom. The van der Waals surface area contributed by atoms with Gasteiger partial charge in [-0.25, -0.2) is 0 Å². The molecule has 1 heterocycles. The van der Waals surface area contributed by atoms with E-state index in [9.17, 15) is 0 Å². The predicted molar refractivity (Wildman–Crippen MR) is 96.0 cm³/mol. The van der Waals surface area contributed by atoms with Crippen LogP contribution in [0.1, 0.15) is 25.3 Å². The number of hydrogen-bond donors (Lipinski definition) is 2. The van der Waals surface area contributed by atoms with Gasteiger partial charge in [-0.15, -0.1) is 24.8 Å². The molecule has 22 heavy (non-hydrogen) atoms. The van der Waals surface area contributed by atoms with Gasteiger partial charge < -0.3 is 20.1 Å². The van der Waals surface area contributed by atoms with E-state index in [2.05, 4.69) is 16.7 Å². The molecule has 4 nitrogen and oxygen atoms in total. The van der Waals surface area contributed by atoms with E-state index in [1.807, 2.05) is 19.1 Å². The molecule has 6 heteroatoms. The van der Waals surface area contributed by atoms with Crippen molar-refractivity contribution in [3.05, 3.63) is 23.8 Å². The van der Waals surface area contributed by atoms with Gasteiger partial charge in [-0.05, 0) is 51.4 Å². The summed E-state index contributed by atoms with van der Waals surface area (Å²) in [6.07, 6.45) is 2.53. The second-order valence-electron chi connectivity index (χ2n) is 5.21. The van der Waals surface area contributed by atoms with Crippen LogP contribution in [-0.4, -0.2) is 33.4 Å². The monoisotopic (exact) mass is 350 g/mol. The van der Waals surface area contributed by atoms with Crippen molar-refractivity contribution >= 4 is 24.8 Å². The van der Waals surface area contributed by atoms with Gasteiger partial charge in [0.1, 0.15) is 0 Å². The Bertz CT molecular complexity index is 413. The van der Waals surface area contributed by atoms with Crippen molar-refractivity contribution in [3.63, 3.8) is 0 Å². The zero-order valence-corrected chi connectivity index (χ0v) is 15.0. The molecule has 2 rings (SSSR count). The lowest BCUT2D eigenvalue weighted by Crippen LogP contribution is -2.33. The van der Waals surface area contributed by atoms with E-state index < -0.39 is 0 Å². The van der Waals surface area contributed by atoms with Crippen LogP contribution in [-0.2, 0) is 6.54 Å². The molecule has 0 spiro atoms. The number of halogens is 2. The van der Waals surface area contributed by atoms with E-state index in [0.29, 0.717) is 6.61 Å². The molecule has 0 aliphatic carbocycles. The van der Waals surface area contributed by atoms with Crippen molar-refractivity contribution < 1.29 is 9.47 Å². The molecular weight excluding hydrogens is 323 g/mol. The fourth-order valence-electron chi connectivity index (χ4n) is 2.67. The summed E-state index contributed by atoms with van der Waals surface area (Å²) in [4.78, 5) is 0. The third kappa shape index (κ3) is 6.21. The maximum absolute atomic E-state index is 5.73. The molecule has 128 valence electrons. The normalized spacial score (nSPS) is 14.6. The van der Waals surface area contributed by atoms with Crippen molar-refractivity contribution in [3.8, 4) is 11.5 Å². The lowest BCUT2D eigenvalue weighted by atomic mass is 9.98. The molecule has 0 bridgehead atoms. The van der Waals surface area contributed by atoms with Crippen LogP contribution in [0.25, 0.3) is 0 Å². The molecule has 0 aromatic heterocycles. The molecule has 0 saturated carbocycles. The lowest BCUT2D eigenvalue weighted by molar-refractivity contribution is 0.305. The molecule has 0 atom stereocenters. The Balaban J connectivity index is 0.00000220. The second kappa shape index (κ2) is 11.8. The minimum atomic E-state index is 0. The molecule has 1 aromatic carbocycles. The highest BCUT2D eigenvalue weighted by Gasteiger charge is 2.14.